The Hall–Kier alpha value is -3.86. The quantitative estimate of drug-likeness (QED) is 0.219. The van der Waals surface area contributed by atoms with E-state index in [-0.39, 0.29) is 18.4 Å². The van der Waals surface area contributed by atoms with Gasteiger partial charge in [-0.3, -0.25) is 19.5 Å². The highest BCUT2D eigenvalue weighted by Gasteiger charge is 2.21. The summed E-state index contributed by atoms with van der Waals surface area (Å²) in [7, 11) is 0. The van der Waals surface area contributed by atoms with Crippen LogP contribution in [-0.2, 0) is 17.9 Å². The highest BCUT2D eigenvalue weighted by atomic mass is 32.2. The Balaban J connectivity index is 1.43. The summed E-state index contributed by atoms with van der Waals surface area (Å²) < 4.78 is 12.5. The number of nitro groups is 1. The van der Waals surface area contributed by atoms with Gasteiger partial charge in [0.25, 0.3) is 5.69 Å². The zero-order valence-electron chi connectivity index (χ0n) is 17.8. The van der Waals surface area contributed by atoms with Crippen molar-refractivity contribution in [2.45, 2.75) is 30.4 Å². The molecular formula is C22H21N5O5S. The summed E-state index contributed by atoms with van der Waals surface area (Å²) in [6, 6.07) is 11.6. The topological polar surface area (TPSA) is 121 Å². The smallest absolute Gasteiger partial charge is 0.269 e. The molecular weight excluding hydrogens is 446 g/mol. The molecule has 170 valence electrons. The van der Waals surface area contributed by atoms with Crippen molar-refractivity contribution in [3.8, 4) is 22.9 Å². The molecule has 4 rings (SSSR count). The largest absolute Gasteiger partial charge is 0.454 e. The number of benzene rings is 2. The lowest BCUT2D eigenvalue weighted by atomic mass is 10.2. The van der Waals surface area contributed by atoms with Gasteiger partial charge in [0.15, 0.2) is 22.5 Å². The highest BCUT2D eigenvalue weighted by Crippen LogP contribution is 2.32. The number of nitrogens with zero attached hydrogens (tertiary/aromatic N) is 4. The molecule has 1 aliphatic rings. The number of hydrogen-bond acceptors (Lipinski definition) is 8. The maximum absolute atomic E-state index is 12.7. The van der Waals surface area contributed by atoms with E-state index >= 15 is 0 Å². The molecule has 1 atom stereocenters. The van der Waals surface area contributed by atoms with Gasteiger partial charge in [-0.1, -0.05) is 23.9 Å². The van der Waals surface area contributed by atoms with Crippen molar-refractivity contribution in [3.05, 3.63) is 70.8 Å². The molecule has 0 spiro atoms. The Bertz CT molecular complexity index is 1190. The van der Waals surface area contributed by atoms with Crippen molar-refractivity contribution in [1.82, 2.24) is 20.1 Å². The van der Waals surface area contributed by atoms with Gasteiger partial charge < -0.3 is 14.8 Å². The second-order valence-corrected chi connectivity index (χ2v) is 8.48. The fraction of sp³-hybridized carbons (Fsp3) is 0.227. The number of ether oxygens (including phenoxy) is 2. The molecule has 0 fully saturated rings. The highest BCUT2D eigenvalue weighted by molar-refractivity contribution is 8.00. The standard InChI is InChI=1S/C22H21N5O5S/c1-3-10-26-20(16-5-7-17(8-6-16)27(29)30)24-25-22(26)33-14(2)21(28)23-12-15-4-9-18-19(11-15)32-13-31-18/h3-9,11,14H,1,10,12-13H2,2H3,(H,23,28)/t14-/m1/s1. The zero-order chi connectivity index (χ0) is 23.4. The Morgan fingerprint density at radius 3 is 2.76 bits per heavy atom. The number of nitrogens with one attached hydrogen (secondary N) is 1. The normalized spacial score (nSPS) is 12.9. The van der Waals surface area contributed by atoms with Crippen molar-refractivity contribution in [2.24, 2.45) is 0 Å². The maximum Gasteiger partial charge on any atom is 0.269 e. The summed E-state index contributed by atoms with van der Waals surface area (Å²) in [6.45, 7) is 6.55. The lowest BCUT2D eigenvalue weighted by Gasteiger charge is -2.13. The monoisotopic (exact) mass is 467 g/mol. The number of carbonyl (C=O) groups is 1. The first-order valence-electron chi connectivity index (χ1n) is 10.1. The van der Waals surface area contributed by atoms with Gasteiger partial charge in [0.1, 0.15) is 0 Å². The summed E-state index contributed by atoms with van der Waals surface area (Å²) >= 11 is 1.27. The molecule has 33 heavy (non-hydrogen) atoms. The van der Waals surface area contributed by atoms with E-state index in [1.54, 1.807) is 25.1 Å². The average Bonchev–Trinajstić information content (AvgIpc) is 3.44. The van der Waals surface area contributed by atoms with Gasteiger partial charge in [-0.2, -0.15) is 0 Å². The summed E-state index contributed by atoms with van der Waals surface area (Å²) in [5.74, 6) is 1.75. The Morgan fingerprint density at radius 2 is 2.03 bits per heavy atom. The van der Waals surface area contributed by atoms with E-state index in [0.717, 1.165) is 5.56 Å². The second kappa shape index (κ2) is 9.74. The molecule has 1 aliphatic heterocycles. The van der Waals surface area contributed by atoms with Gasteiger partial charge in [0.2, 0.25) is 12.7 Å². The van der Waals surface area contributed by atoms with Crippen LogP contribution >= 0.6 is 11.8 Å². The lowest BCUT2D eigenvalue weighted by molar-refractivity contribution is -0.384. The number of nitro benzene ring substituents is 1. The third-order valence-electron chi connectivity index (χ3n) is 4.92. The van der Waals surface area contributed by atoms with Gasteiger partial charge in [-0.15, -0.1) is 16.8 Å². The summed E-state index contributed by atoms with van der Waals surface area (Å²) in [5, 5.41) is 22.4. The predicted molar refractivity (Wildman–Crippen MR) is 122 cm³/mol. The van der Waals surface area contributed by atoms with E-state index in [4.69, 9.17) is 9.47 Å². The van der Waals surface area contributed by atoms with Crippen LogP contribution in [0.2, 0.25) is 0 Å². The first kappa shape index (κ1) is 22.3. The van der Waals surface area contributed by atoms with Crippen molar-refractivity contribution in [2.75, 3.05) is 6.79 Å². The summed E-state index contributed by atoms with van der Waals surface area (Å²) in [5.41, 5.74) is 1.58. The fourth-order valence-corrected chi connectivity index (χ4v) is 4.09. The molecule has 0 bridgehead atoms. The molecule has 0 saturated heterocycles. The van der Waals surface area contributed by atoms with Gasteiger partial charge >= 0.3 is 0 Å². The third kappa shape index (κ3) is 4.98. The molecule has 0 unspecified atom stereocenters. The molecule has 0 aliphatic carbocycles. The number of thioether (sulfide) groups is 1. The van der Waals surface area contributed by atoms with Gasteiger partial charge in [0, 0.05) is 30.8 Å². The molecule has 2 aromatic carbocycles. The molecule has 0 saturated carbocycles. The fourth-order valence-electron chi connectivity index (χ4n) is 3.21. The molecule has 1 aromatic heterocycles. The Morgan fingerprint density at radius 1 is 1.27 bits per heavy atom. The van der Waals surface area contributed by atoms with Crippen molar-refractivity contribution >= 4 is 23.4 Å². The molecule has 3 aromatic rings. The first-order chi connectivity index (χ1) is 16.0. The van der Waals surface area contributed by atoms with Crippen molar-refractivity contribution in [1.29, 1.82) is 0 Å². The van der Waals surface area contributed by atoms with Crippen LogP contribution in [0, 0.1) is 10.1 Å². The van der Waals surface area contributed by atoms with Crippen molar-refractivity contribution in [3.63, 3.8) is 0 Å². The van der Waals surface area contributed by atoms with Crippen LogP contribution in [0.15, 0.2) is 60.3 Å². The molecule has 11 heteroatoms. The molecule has 1 N–H and O–H groups in total. The van der Waals surface area contributed by atoms with Crippen LogP contribution in [-0.4, -0.2) is 37.6 Å². The van der Waals surface area contributed by atoms with Crippen LogP contribution in [0.4, 0.5) is 5.69 Å². The Labute approximate surface area is 193 Å². The minimum absolute atomic E-state index is 0.00381. The number of hydrogen-bond donors (Lipinski definition) is 1. The second-order valence-electron chi connectivity index (χ2n) is 7.17. The third-order valence-corrected chi connectivity index (χ3v) is 6.00. The average molecular weight is 468 g/mol. The Kier molecular flexibility index (Phi) is 6.59. The van der Waals surface area contributed by atoms with Crippen LogP contribution in [0.1, 0.15) is 12.5 Å². The van der Waals surface area contributed by atoms with E-state index in [1.807, 2.05) is 22.8 Å². The number of non-ortho nitro benzene ring substituents is 1. The molecule has 10 nitrogen and oxygen atoms in total. The number of carbonyl (C=O) groups excluding carboxylic acids is 1. The number of fused-ring (bicyclic) bond motifs is 1. The van der Waals surface area contributed by atoms with E-state index in [0.29, 0.717) is 41.1 Å². The van der Waals surface area contributed by atoms with Crippen LogP contribution < -0.4 is 14.8 Å². The number of aromatic nitrogens is 3. The maximum atomic E-state index is 12.7. The number of rotatable bonds is 9. The summed E-state index contributed by atoms with van der Waals surface area (Å²) in [4.78, 5) is 23.1. The van der Waals surface area contributed by atoms with Gasteiger partial charge in [-0.25, -0.2) is 0 Å². The first-order valence-corrected chi connectivity index (χ1v) is 11.0. The van der Waals surface area contributed by atoms with Crippen molar-refractivity contribution < 1.29 is 19.2 Å². The van der Waals surface area contributed by atoms with Crippen LogP contribution in [0.5, 0.6) is 11.5 Å². The van der Waals surface area contributed by atoms with E-state index < -0.39 is 10.2 Å². The minimum Gasteiger partial charge on any atom is -0.454 e. The number of amides is 1. The lowest BCUT2D eigenvalue weighted by Crippen LogP contribution is -2.30. The molecule has 2 heterocycles. The SMILES string of the molecule is C=CCn1c(S[C@H](C)C(=O)NCc2ccc3c(c2)OCO3)nnc1-c1ccc([N+](=O)[O-])cc1. The number of allylic oxidation sites excluding steroid dienone is 1. The van der Waals surface area contributed by atoms with Crippen LogP contribution in [0.3, 0.4) is 0 Å². The van der Waals surface area contributed by atoms with Gasteiger partial charge in [0.05, 0.1) is 10.2 Å². The van der Waals surface area contributed by atoms with E-state index in [1.165, 1.54) is 23.9 Å². The molecule has 0 radical (unpaired) electrons. The van der Waals surface area contributed by atoms with E-state index in [2.05, 4.69) is 22.1 Å². The van der Waals surface area contributed by atoms with E-state index in [9.17, 15) is 14.9 Å². The summed E-state index contributed by atoms with van der Waals surface area (Å²) in [6.07, 6.45) is 1.70. The van der Waals surface area contributed by atoms with Crippen LogP contribution in [0.25, 0.3) is 11.4 Å². The predicted octanol–water partition coefficient (Wildman–Crippen LogP) is 3.57. The zero-order valence-corrected chi connectivity index (χ0v) is 18.6. The minimum atomic E-state index is -0.455. The van der Waals surface area contributed by atoms with Gasteiger partial charge in [-0.05, 0) is 36.8 Å². The molecule has 1 amide bonds.